The molecular weight excluding hydrogens is 536 g/mol. The minimum absolute atomic E-state index is 0.223. The number of likely N-dealkylation sites (N-methyl/N-ethyl adjacent to an activating group) is 1. The van der Waals surface area contributed by atoms with Crippen molar-refractivity contribution in [1.29, 1.82) is 0 Å². The summed E-state index contributed by atoms with van der Waals surface area (Å²) in [4.78, 5) is 39.3. The first-order chi connectivity index (χ1) is 19.8. The van der Waals surface area contributed by atoms with Crippen molar-refractivity contribution in [2.75, 3.05) is 31.3 Å². The van der Waals surface area contributed by atoms with Crippen molar-refractivity contribution in [3.05, 3.63) is 119 Å². The van der Waals surface area contributed by atoms with Crippen LogP contribution in [-0.2, 0) is 11.2 Å². The normalized spacial score (nSPS) is 11.3. The Morgan fingerprint density at radius 1 is 0.976 bits per heavy atom. The highest BCUT2D eigenvalue weighted by atomic mass is 35.5. The molecule has 5 aromatic rings. The Kier molecular flexibility index (Phi) is 8.53. The Morgan fingerprint density at radius 2 is 1.80 bits per heavy atom. The number of benzene rings is 3. The number of halogens is 1. The molecule has 0 radical (unpaired) electrons. The van der Waals surface area contributed by atoms with Crippen molar-refractivity contribution in [2.45, 2.75) is 6.42 Å². The van der Waals surface area contributed by atoms with Gasteiger partial charge in [0.05, 0.1) is 10.7 Å². The first-order valence-corrected chi connectivity index (χ1v) is 13.4. The van der Waals surface area contributed by atoms with Gasteiger partial charge in [0, 0.05) is 59.5 Å². The monoisotopic (exact) mass is 564 g/mol. The molecule has 0 unspecified atom stereocenters. The van der Waals surface area contributed by atoms with Crippen molar-refractivity contribution < 1.29 is 9.59 Å². The lowest BCUT2D eigenvalue weighted by molar-refractivity contribution is -0.111. The molecule has 2 aromatic heterocycles. The average molecular weight is 565 g/mol. The number of anilines is 2. The molecule has 0 fully saturated rings. The minimum Gasteiger partial charge on any atom is -0.361 e. The summed E-state index contributed by atoms with van der Waals surface area (Å²) >= 11 is 6.46. The molecule has 2 amide bonds. The van der Waals surface area contributed by atoms with Crippen LogP contribution in [0.15, 0.2) is 97.3 Å². The molecular formula is C32H29ClN6O2. The zero-order chi connectivity index (χ0) is 28.8. The number of amides is 2. The van der Waals surface area contributed by atoms with E-state index in [4.69, 9.17) is 16.6 Å². The highest BCUT2D eigenvalue weighted by molar-refractivity contribution is 6.32. The van der Waals surface area contributed by atoms with Gasteiger partial charge >= 0.3 is 0 Å². The molecule has 5 rings (SSSR count). The number of nitrogens with one attached hydrogen (secondary N) is 3. The van der Waals surface area contributed by atoms with Gasteiger partial charge in [0.2, 0.25) is 5.91 Å². The summed E-state index contributed by atoms with van der Waals surface area (Å²) in [7, 11) is 3.86. The highest BCUT2D eigenvalue weighted by Gasteiger charge is 2.12. The van der Waals surface area contributed by atoms with Crippen LogP contribution in [0.1, 0.15) is 21.7 Å². The van der Waals surface area contributed by atoms with Gasteiger partial charge in [-0.3, -0.25) is 9.59 Å². The second kappa shape index (κ2) is 12.6. The van der Waals surface area contributed by atoms with Crippen LogP contribution in [-0.4, -0.2) is 52.3 Å². The van der Waals surface area contributed by atoms with Crippen LogP contribution in [0.5, 0.6) is 0 Å². The second-order valence-electron chi connectivity index (χ2n) is 9.82. The number of hydrogen-bond donors (Lipinski definition) is 3. The van der Waals surface area contributed by atoms with Gasteiger partial charge in [-0.15, -0.1) is 0 Å². The van der Waals surface area contributed by atoms with Crippen molar-refractivity contribution in [3.8, 4) is 11.3 Å². The zero-order valence-electron chi connectivity index (χ0n) is 22.7. The number of rotatable bonds is 9. The Balaban J connectivity index is 1.23. The quantitative estimate of drug-likeness (QED) is 0.186. The van der Waals surface area contributed by atoms with Gasteiger partial charge in [0.1, 0.15) is 5.82 Å². The third-order valence-electron chi connectivity index (χ3n) is 6.32. The van der Waals surface area contributed by atoms with E-state index < -0.39 is 0 Å². The van der Waals surface area contributed by atoms with Gasteiger partial charge in [-0.25, -0.2) is 9.97 Å². The van der Waals surface area contributed by atoms with Crippen LogP contribution < -0.4 is 10.6 Å². The molecule has 3 N–H and O–H groups in total. The number of hydrogen-bond acceptors (Lipinski definition) is 5. The summed E-state index contributed by atoms with van der Waals surface area (Å²) in [5.41, 5.74) is 5.26. The summed E-state index contributed by atoms with van der Waals surface area (Å²) in [6.07, 6.45) is 7.26. The van der Waals surface area contributed by atoms with Crippen molar-refractivity contribution >= 4 is 45.7 Å². The minimum atomic E-state index is -0.254. The van der Waals surface area contributed by atoms with Gasteiger partial charge in [0.25, 0.3) is 5.91 Å². The molecule has 0 saturated heterocycles. The van der Waals surface area contributed by atoms with Crippen molar-refractivity contribution in [3.63, 3.8) is 0 Å². The lowest BCUT2D eigenvalue weighted by Gasteiger charge is -2.10. The van der Waals surface area contributed by atoms with Gasteiger partial charge in [-0.2, -0.15) is 0 Å². The van der Waals surface area contributed by atoms with E-state index in [0.29, 0.717) is 46.4 Å². The van der Waals surface area contributed by atoms with Crippen LogP contribution in [0.25, 0.3) is 22.2 Å². The molecule has 206 valence electrons. The van der Waals surface area contributed by atoms with E-state index in [-0.39, 0.29) is 11.8 Å². The predicted molar refractivity (Wildman–Crippen MR) is 164 cm³/mol. The molecule has 0 spiro atoms. The molecule has 9 heteroatoms. The van der Waals surface area contributed by atoms with E-state index >= 15 is 0 Å². The summed E-state index contributed by atoms with van der Waals surface area (Å²) < 4.78 is 0. The third-order valence-corrected chi connectivity index (χ3v) is 6.60. The van der Waals surface area contributed by atoms with E-state index in [2.05, 4.69) is 20.6 Å². The fraction of sp³-hybridized carbons (Fsp3) is 0.125. The Bertz CT molecular complexity index is 1730. The largest absolute Gasteiger partial charge is 0.361 e. The van der Waals surface area contributed by atoms with Crippen LogP contribution in [0.4, 0.5) is 11.4 Å². The van der Waals surface area contributed by atoms with Crippen molar-refractivity contribution in [1.82, 2.24) is 19.9 Å². The maximum absolute atomic E-state index is 12.9. The van der Waals surface area contributed by atoms with E-state index in [1.165, 1.54) is 6.08 Å². The SMILES string of the molecule is CN(C)C/C=C/C(=O)Nc1ccc(C(=O)Nc2cccc(Cc3ncc(Cl)c(-c4ccc5cc[nH]c5c4)n3)c2)cc1. The summed E-state index contributed by atoms with van der Waals surface area (Å²) in [6.45, 7) is 0.673. The second-order valence-corrected chi connectivity index (χ2v) is 10.2. The number of carbonyl (C=O) groups is 2. The van der Waals surface area contributed by atoms with Crippen LogP contribution >= 0.6 is 11.6 Å². The summed E-state index contributed by atoms with van der Waals surface area (Å²) in [5.74, 6) is 0.142. The molecule has 0 bridgehead atoms. The smallest absolute Gasteiger partial charge is 0.255 e. The molecule has 41 heavy (non-hydrogen) atoms. The number of fused-ring (bicyclic) bond motifs is 1. The maximum Gasteiger partial charge on any atom is 0.255 e. The molecule has 8 nitrogen and oxygen atoms in total. The Hall–Kier alpha value is -4.79. The van der Waals surface area contributed by atoms with Crippen LogP contribution in [0.3, 0.4) is 0 Å². The summed E-state index contributed by atoms with van der Waals surface area (Å²) in [5, 5.41) is 7.32. The van der Waals surface area contributed by atoms with Gasteiger partial charge in [0.15, 0.2) is 0 Å². The standard InChI is InChI=1S/C32H29ClN6O2/c1-39(2)16-4-7-30(40)36-25-12-10-23(11-13-25)32(41)37-26-6-3-5-21(17-26)18-29-35-20-27(33)31(38-29)24-9-8-22-14-15-34-28(22)19-24/h3-15,17,19-20,34H,16,18H2,1-2H3,(H,36,40)(H,37,41)/b7-4+. The molecule has 0 saturated carbocycles. The Morgan fingerprint density at radius 3 is 2.61 bits per heavy atom. The molecule has 0 aliphatic heterocycles. The maximum atomic E-state index is 12.9. The molecule has 3 aromatic carbocycles. The number of nitrogens with zero attached hydrogens (tertiary/aromatic N) is 3. The fourth-order valence-electron chi connectivity index (χ4n) is 4.29. The van der Waals surface area contributed by atoms with E-state index in [1.807, 2.05) is 73.7 Å². The Labute approximate surface area is 243 Å². The zero-order valence-corrected chi connectivity index (χ0v) is 23.4. The molecule has 0 atom stereocenters. The fourth-order valence-corrected chi connectivity index (χ4v) is 4.49. The van der Waals surface area contributed by atoms with E-state index in [0.717, 1.165) is 22.0 Å². The van der Waals surface area contributed by atoms with Gasteiger partial charge in [-0.1, -0.05) is 41.9 Å². The first-order valence-electron chi connectivity index (χ1n) is 13.1. The number of aromatic amines is 1. The molecule has 2 heterocycles. The predicted octanol–water partition coefficient (Wildman–Crippen LogP) is 6.18. The highest BCUT2D eigenvalue weighted by Crippen LogP contribution is 2.28. The third kappa shape index (κ3) is 7.25. The first kappa shape index (κ1) is 27.8. The lowest BCUT2D eigenvalue weighted by Crippen LogP contribution is -2.14. The lowest BCUT2D eigenvalue weighted by atomic mass is 10.1. The average Bonchev–Trinajstić information content (AvgIpc) is 3.42. The van der Waals surface area contributed by atoms with E-state index in [9.17, 15) is 9.59 Å². The van der Waals surface area contributed by atoms with Crippen molar-refractivity contribution in [2.24, 2.45) is 0 Å². The number of carbonyl (C=O) groups excluding carboxylic acids is 2. The van der Waals surface area contributed by atoms with E-state index in [1.54, 1.807) is 36.5 Å². The summed E-state index contributed by atoms with van der Waals surface area (Å²) in [6, 6.07) is 22.4. The number of H-pyrrole nitrogens is 1. The van der Waals surface area contributed by atoms with Gasteiger partial charge < -0.3 is 20.5 Å². The topological polar surface area (TPSA) is 103 Å². The van der Waals surface area contributed by atoms with Crippen LogP contribution in [0.2, 0.25) is 5.02 Å². The molecule has 0 aliphatic carbocycles. The van der Waals surface area contributed by atoms with Crippen LogP contribution in [0, 0.1) is 0 Å². The molecule has 0 aliphatic rings. The van der Waals surface area contributed by atoms with Gasteiger partial charge in [-0.05, 0) is 73.6 Å². The number of aromatic nitrogens is 3.